The molecule has 1 saturated heterocycles. The second kappa shape index (κ2) is 8.23. The first-order valence-corrected chi connectivity index (χ1v) is 9.44. The summed E-state index contributed by atoms with van der Waals surface area (Å²) in [6, 6.07) is 15.6. The van der Waals surface area contributed by atoms with Crippen LogP contribution in [0.2, 0.25) is 0 Å². The number of hydrogen-bond acceptors (Lipinski definition) is 4. The molecule has 0 aromatic heterocycles. The van der Waals surface area contributed by atoms with Gasteiger partial charge >= 0.3 is 0 Å². The zero-order valence-corrected chi connectivity index (χ0v) is 16.0. The van der Waals surface area contributed by atoms with Crippen molar-refractivity contribution in [3.63, 3.8) is 0 Å². The van der Waals surface area contributed by atoms with Crippen molar-refractivity contribution in [2.45, 2.75) is 20.3 Å². The molecule has 1 fully saturated rings. The highest BCUT2D eigenvalue weighted by Crippen LogP contribution is 2.37. The number of hydrogen-bond donors (Lipinski definition) is 0. The summed E-state index contributed by atoms with van der Waals surface area (Å²) in [6.07, 6.45) is 2.85. The molecule has 1 aliphatic rings. The highest BCUT2D eigenvalue weighted by molar-refractivity contribution is 8.19. The number of aliphatic imine (C=N–C) groups is 1. The van der Waals surface area contributed by atoms with Gasteiger partial charge in [0.25, 0.3) is 5.91 Å². The maximum Gasteiger partial charge on any atom is 0.271 e. The number of rotatable bonds is 5. The highest BCUT2D eigenvalue weighted by atomic mass is 32.2. The maximum atomic E-state index is 13.1. The topological polar surface area (TPSA) is 41.9 Å². The van der Waals surface area contributed by atoms with Crippen molar-refractivity contribution >= 4 is 34.6 Å². The number of thioether (sulfide) groups is 1. The van der Waals surface area contributed by atoms with Gasteiger partial charge in [-0.2, -0.15) is 0 Å². The number of anilines is 1. The summed E-state index contributed by atoms with van der Waals surface area (Å²) in [7, 11) is 1.64. The standard InChI is InChI=1S/C21H22N2O2S/c1-4-13-22-21-23(18-8-6-5-7-15(18)2)20(24)19(26-21)14-16-9-11-17(25-3)12-10-16/h5-12,14H,4,13H2,1-3H3/b19-14-,22-21?. The first-order chi connectivity index (χ1) is 12.6. The van der Waals surface area contributed by atoms with Crippen LogP contribution in [0.15, 0.2) is 58.4 Å². The summed E-state index contributed by atoms with van der Waals surface area (Å²) >= 11 is 1.43. The minimum absolute atomic E-state index is 0.0324. The summed E-state index contributed by atoms with van der Waals surface area (Å²) in [5, 5.41) is 0.742. The largest absolute Gasteiger partial charge is 0.497 e. The molecule has 0 saturated carbocycles. The second-order valence-corrected chi connectivity index (χ2v) is 6.98. The van der Waals surface area contributed by atoms with E-state index in [2.05, 4.69) is 11.9 Å². The molecule has 1 amide bonds. The van der Waals surface area contributed by atoms with Crippen LogP contribution in [-0.4, -0.2) is 24.7 Å². The normalized spacial score (nSPS) is 17.3. The van der Waals surface area contributed by atoms with E-state index in [1.54, 1.807) is 12.0 Å². The number of para-hydroxylation sites is 1. The van der Waals surface area contributed by atoms with Gasteiger partial charge in [0.2, 0.25) is 0 Å². The van der Waals surface area contributed by atoms with Crippen LogP contribution in [0.3, 0.4) is 0 Å². The van der Waals surface area contributed by atoms with Gasteiger partial charge < -0.3 is 4.74 Å². The van der Waals surface area contributed by atoms with Crippen LogP contribution >= 0.6 is 11.8 Å². The fourth-order valence-corrected chi connectivity index (χ4v) is 3.66. The Kier molecular flexibility index (Phi) is 5.78. The van der Waals surface area contributed by atoms with E-state index in [1.165, 1.54) is 11.8 Å². The molecule has 2 aromatic carbocycles. The van der Waals surface area contributed by atoms with E-state index in [0.29, 0.717) is 11.4 Å². The molecule has 0 atom stereocenters. The predicted molar refractivity (Wildman–Crippen MR) is 110 cm³/mol. The van der Waals surface area contributed by atoms with Crippen molar-refractivity contribution in [2.75, 3.05) is 18.6 Å². The van der Waals surface area contributed by atoms with Crippen molar-refractivity contribution < 1.29 is 9.53 Å². The lowest BCUT2D eigenvalue weighted by molar-refractivity contribution is -0.113. The van der Waals surface area contributed by atoms with Crippen LogP contribution in [0, 0.1) is 6.92 Å². The third kappa shape index (κ3) is 3.83. The Hall–Kier alpha value is -2.53. The van der Waals surface area contributed by atoms with Gasteiger partial charge in [-0.1, -0.05) is 37.3 Å². The van der Waals surface area contributed by atoms with Crippen molar-refractivity contribution in [3.05, 3.63) is 64.6 Å². The lowest BCUT2D eigenvalue weighted by Gasteiger charge is -2.17. The summed E-state index contributed by atoms with van der Waals surface area (Å²) in [5.41, 5.74) is 2.90. The van der Waals surface area contributed by atoms with Gasteiger partial charge in [0.05, 0.1) is 17.7 Å². The fourth-order valence-electron chi connectivity index (χ4n) is 2.66. The quantitative estimate of drug-likeness (QED) is 0.708. The van der Waals surface area contributed by atoms with Crippen LogP contribution in [0.4, 0.5) is 5.69 Å². The fraction of sp³-hybridized carbons (Fsp3) is 0.238. The van der Waals surface area contributed by atoms with Crippen LogP contribution in [0.1, 0.15) is 24.5 Å². The monoisotopic (exact) mass is 366 g/mol. The number of methoxy groups -OCH3 is 1. The van der Waals surface area contributed by atoms with Gasteiger partial charge in [-0.15, -0.1) is 0 Å². The Balaban J connectivity index is 1.97. The number of amidine groups is 1. The molecule has 26 heavy (non-hydrogen) atoms. The number of nitrogens with zero attached hydrogens (tertiary/aromatic N) is 2. The Morgan fingerprint density at radius 3 is 2.54 bits per heavy atom. The Labute approximate surface area is 158 Å². The van der Waals surface area contributed by atoms with Gasteiger partial charge in [0, 0.05) is 6.54 Å². The minimum atomic E-state index is -0.0324. The molecule has 0 spiro atoms. The van der Waals surface area contributed by atoms with Crippen molar-refractivity contribution in [2.24, 2.45) is 4.99 Å². The van der Waals surface area contributed by atoms with Gasteiger partial charge in [-0.3, -0.25) is 14.7 Å². The van der Waals surface area contributed by atoms with E-state index < -0.39 is 0 Å². The molecule has 134 valence electrons. The third-order valence-electron chi connectivity index (χ3n) is 4.05. The van der Waals surface area contributed by atoms with Crippen molar-refractivity contribution in [1.82, 2.24) is 0 Å². The number of ether oxygens (including phenoxy) is 1. The highest BCUT2D eigenvalue weighted by Gasteiger charge is 2.35. The third-order valence-corrected chi connectivity index (χ3v) is 5.05. The van der Waals surface area contributed by atoms with E-state index in [-0.39, 0.29) is 5.91 Å². The molecular weight excluding hydrogens is 344 g/mol. The van der Waals surface area contributed by atoms with Gasteiger partial charge in [0.1, 0.15) is 5.75 Å². The lowest BCUT2D eigenvalue weighted by Crippen LogP contribution is -2.29. The second-order valence-electron chi connectivity index (χ2n) is 5.98. The molecule has 1 aliphatic heterocycles. The molecule has 2 aromatic rings. The van der Waals surface area contributed by atoms with Crippen LogP contribution in [0.5, 0.6) is 5.75 Å². The molecule has 0 N–H and O–H groups in total. The number of carbonyl (C=O) groups is 1. The molecule has 0 unspecified atom stereocenters. The van der Waals surface area contributed by atoms with E-state index in [1.807, 2.05) is 61.5 Å². The van der Waals surface area contributed by atoms with Crippen LogP contribution in [0.25, 0.3) is 6.08 Å². The summed E-state index contributed by atoms with van der Waals surface area (Å²) in [4.78, 5) is 20.1. The van der Waals surface area contributed by atoms with Crippen molar-refractivity contribution in [1.29, 1.82) is 0 Å². The zero-order chi connectivity index (χ0) is 18.5. The number of amides is 1. The predicted octanol–water partition coefficient (Wildman–Crippen LogP) is 4.89. The minimum Gasteiger partial charge on any atom is -0.497 e. The molecule has 5 heteroatoms. The SMILES string of the molecule is CCCN=C1S/C(=C\c2ccc(OC)cc2)C(=O)N1c1ccccc1C. The summed E-state index contributed by atoms with van der Waals surface area (Å²) in [6.45, 7) is 4.79. The lowest BCUT2D eigenvalue weighted by atomic mass is 10.1. The van der Waals surface area contributed by atoms with E-state index >= 15 is 0 Å². The molecule has 0 aliphatic carbocycles. The summed E-state index contributed by atoms with van der Waals surface area (Å²) in [5.74, 6) is 0.763. The summed E-state index contributed by atoms with van der Waals surface area (Å²) < 4.78 is 5.19. The average Bonchev–Trinajstić information content (AvgIpc) is 2.96. The number of carbonyl (C=O) groups excluding carboxylic acids is 1. The zero-order valence-electron chi connectivity index (χ0n) is 15.2. The Bertz CT molecular complexity index is 857. The van der Waals surface area contributed by atoms with Crippen LogP contribution < -0.4 is 9.64 Å². The molecule has 4 nitrogen and oxygen atoms in total. The van der Waals surface area contributed by atoms with Crippen LogP contribution in [-0.2, 0) is 4.79 Å². The molecule has 1 heterocycles. The van der Waals surface area contributed by atoms with Gasteiger partial charge in [0.15, 0.2) is 5.17 Å². The molecule has 3 rings (SSSR count). The molecule has 0 bridgehead atoms. The first kappa shape index (κ1) is 18.3. The molecular formula is C21H22N2O2S. The van der Waals surface area contributed by atoms with Gasteiger partial charge in [-0.05, 0) is 60.5 Å². The van der Waals surface area contributed by atoms with E-state index in [4.69, 9.17) is 4.74 Å². The van der Waals surface area contributed by atoms with Crippen molar-refractivity contribution in [3.8, 4) is 5.75 Å². The number of benzene rings is 2. The van der Waals surface area contributed by atoms with Gasteiger partial charge in [-0.25, -0.2) is 0 Å². The average molecular weight is 366 g/mol. The smallest absolute Gasteiger partial charge is 0.271 e. The van der Waals surface area contributed by atoms with E-state index in [0.717, 1.165) is 34.2 Å². The molecule has 0 radical (unpaired) electrons. The maximum absolute atomic E-state index is 13.1. The first-order valence-electron chi connectivity index (χ1n) is 8.62. The Morgan fingerprint density at radius 2 is 1.88 bits per heavy atom. The van der Waals surface area contributed by atoms with E-state index in [9.17, 15) is 4.79 Å². The Morgan fingerprint density at radius 1 is 1.15 bits per heavy atom. The number of aryl methyl sites for hydroxylation is 1.